The van der Waals surface area contributed by atoms with Gasteiger partial charge in [0.1, 0.15) is 6.54 Å². The molecule has 0 aliphatic carbocycles. The second-order valence-corrected chi connectivity index (χ2v) is 9.59. The fraction of sp³-hybridized carbons (Fsp3) is 0.208. The molecule has 3 aromatic rings. The van der Waals surface area contributed by atoms with Crippen LogP contribution in [0.15, 0.2) is 53.6 Å². The topological polar surface area (TPSA) is 68.6 Å². The summed E-state index contributed by atoms with van der Waals surface area (Å²) in [7, 11) is 0. The molecule has 2 amide bonds. The van der Waals surface area contributed by atoms with E-state index in [1.54, 1.807) is 26.0 Å². The van der Waals surface area contributed by atoms with E-state index in [4.69, 9.17) is 27.9 Å². The van der Waals surface area contributed by atoms with Gasteiger partial charge in [0.25, 0.3) is 11.1 Å². The number of hydrogen-bond donors (Lipinski definition) is 0. The predicted octanol–water partition coefficient (Wildman–Crippen LogP) is 5.98. The summed E-state index contributed by atoms with van der Waals surface area (Å²) in [6, 6.07) is 13.3. The maximum Gasteiger partial charge on any atom is 0.326 e. The molecule has 9 heteroatoms. The van der Waals surface area contributed by atoms with Crippen molar-refractivity contribution in [3.05, 3.63) is 74.7 Å². The molecule has 0 saturated carbocycles. The maximum absolute atomic E-state index is 12.8. The predicted molar refractivity (Wildman–Crippen MR) is 131 cm³/mol. The Balaban J connectivity index is 1.63. The first kappa shape index (κ1) is 23.4. The van der Waals surface area contributed by atoms with Crippen LogP contribution in [0.25, 0.3) is 17.0 Å². The van der Waals surface area contributed by atoms with Gasteiger partial charge in [-0.25, -0.2) is 0 Å². The first-order valence-corrected chi connectivity index (χ1v) is 11.8. The highest BCUT2D eigenvalue weighted by atomic mass is 35.5. The number of carbonyl (C=O) groups excluding carboxylic acids is 3. The van der Waals surface area contributed by atoms with Crippen molar-refractivity contribution < 1.29 is 19.1 Å². The van der Waals surface area contributed by atoms with Crippen LogP contribution in [0.5, 0.6) is 0 Å². The molecule has 0 spiro atoms. The molecule has 1 aromatic heterocycles. The maximum atomic E-state index is 12.8. The fourth-order valence-electron chi connectivity index (χ4n) is 3.56. The van der Waals surface area contributed by atoms with E-state index in [1.165, 1.54) is 0 Å². The minimum Gasteiger partial charge on any atom is -0.462 e. The molecule has 0 N–H and O–H groups in total. The summed E-state index contributed by atoms with van der Waals surface area (Å²) in [6.45, 7) is 3.56. The van der Waals surface area contributed by atoms with Crippen molar-refractivity contribution >= 4 is 69.1 Å². The van der Waals surface area contributed by atoms with Crippen LogP contribution in [0, 0.1) is 0 Å². The van der Waals surface area contributed by atoms with Crippen LogP contribution < -0.4 is 0 Å². The van der Waals surface area contributed by atoms with Crippen LogP contribution in [0.1, 0.15) is 25.0 Å². The Bertz CT molecular complexity index is 1300. The lowest BCUT2D eigenvalue weighted by Gasteiger charge is -2.13. The van der Waals surface area contributed by atoms with E-state index in [0.717, 1.165) is 38.7 Å². The molecule has 1 aliphatic rings. The van der Waals surface area contributed by atoms with Crippen LogP contribution >= 0.6 is 35.0 Å². The number of para-hydroxylation sites is 1. The number of fused-ring (bicyclic) bond motifs is 1. The molecule has 6 nitrogen and oxygen atoms in total. The lowest BCUT2D eigenvalue weighted by atomic mass is 10.1. The summed E-state index contributed by atoms with van der Waals surface area (Å²) in [5.41, 5.74) is 2.73. The summed E-state index contributed by atoms with van der Waals surface area (Å²) in [4.78, 5) is 38.3. The van der Waals surface area contributed by atoms with Gasteiger partial charge in [0, 0.05) is 29.2 Å². The van der Waals surface area contributed by atoms with Gasteiger partial charge < -0.3 is 9.30 Å². The van der Waals surface area contributed by atoms with Gasteiger partial charge in [-0.2, -0.15) is 0 Å². The molecule has 4 rings (SSSR count). The highest BCUT2D eigenvalue weighted by Crippen LogP contribution is 2.34. The van der Waals surface area contributed by atoms with E-state index in [0.29, 0.717) is 16.6 Å². The number of imide groups is 1. The van der Waals surface area contributed by atoms with Crippen LogP contribution in [-0.2, 0) is 20.9 Å². The lowest BCUT2D eigenvalue weighted by molar-refractivity contribution is -0.149. The zero-order valence-electron chi connectivity index (χ0n) is 17.9. The van der Waals surface area contributed by atoms with Gasteiger partial charge in [0.2, 0.25) is 0 Å². The minimum absolute atomic E-state index is 0.259. The number of esters is 1. The molecule has 170 valence electrons. The summed E-state index contributed by atoms with van der Waals surface area (Å²) < 4.78 is 7.11. The SMILES string of the molecule is CC(C)OC(=O)CN1C(=O)S/C(=C/c2cn(Cc3ccc(Cl)c(Cl)c3)c3ccccc23)C1=O. The van der Waals surface area contributed by atoms with Gasteiger partial charge in [-0.3, -0.25) is 19.3 Å². The molecule has 0 bridgehead atoms. The van der Waals surface area contributed by atoms with Crippen molar-refractivity contribution in [1.29, 1.82) is 0 Å². The van der Waals surface area contributed by atoms with E-state index in [1.807, 2.05) is 47.2 Å². The van der Waals surface area contributed by atoms with Gasteiger partial charge in [-0.15, -0.1) is 0 Å². The summed E-state index contributed by atoms with van der Waals surface area (Å²) in [6.07, 6.45) is 3.29. The average molecular weight is 503 g/mol. The van der Waals surface area contributed by atoms with Gasteiger partial charge >= 0.3 is 5.97 Å². The van der Waals surface area contributed by atoms with Crippen molar-refractivity contribution in [1.82, 2.24) is 9.47 Å². The molecule has 0 atom stereocenters. The first-order valence-electron chi connectivity index (χ1n) is 10.2. The number of hydrogen-bond acceptors (Lipinski definition) is 5. The minimum atomic E-state index is -0.619. The standard InChI is InChI=1S/C24H20Cl2N2O4S/c1-14(2)32-22(29)13-28-23(30)21(33-24(28)31)10-16-12-27(20-6-4-3-5-17(16)20)11-15-7-8-18(25)19(26)9-15/h3-10,12,14H,11,13H2,1-2H3/b21-10+. The van der Waals surface area contributed by atoms with E-state index in [9.17, 15) is 14.4 Å². The second-order valence-electron chi connectivity index (χ2n) is 7.78. The number of thioether (sulfide) groups is 1. The smallest absolute Gasteiger partial charge is 0.326 e. The lowest BCUT2D eigenvalue weighted by Crippen LogP contribution is -2.35. The van der Waals surface area contributed by atoms with E-state index < -0.39 is 23.7 Å². The molecular weight excluding hydrogens is 483 g/mol. The molecule has 0 radical (unpaired) electrons. The highest BCUT2D eigenvalue weighted by molar-refractivity contribution is 8.18. The molecule has 0 unspecified atom stereocenters. The van der Waals surface area contributed by atoms with E-state index >= 15 is 0 Å². The summed E-state index contributed by atoms with van der Waals surface area (Å²) in [5.74, 6) is -1.13. The quantitative estimate of drug-likeness (QED) is 0.306. The molecule has 1 fully saturated rings. The van der Waals surface area contributed by atoms with Crippen molar-refractivity contribution in [2.24, 2.45) is 0 Å². The number of aromatic nitrogens is 1. The Morgan fingerprint density at radius 2 is 1.88 bits per heavy atom. The Kier molecular flexibility index (Phi) is 6.83. The van der Waals surface area contributed by atoms with Crippen LogP contribution in [0.3, 0.4) is 0 Å². The molecular formula is C24H20Cl2N2O4S. The number of halogens is 2. The van der Waals surface area contributed by atoms with Crippen LogP contribution in [0.2, 0.25) is 10.0 Å². The van der Waals surface area contributed by atoms with Gasteiger partial charge in [0.15, 0.2) is 0 Å². The number of benzene rings is 2. The van der Waals surface area contributed by atoms with Crippen molar-refractivity contribution in [2.45, 2.75) is 26.5 Å². The average Bonchev–Trinajstić information content (AvgIpc) is 3.22. The third kappa shape index (κ3) is 5.11. The van der Waals surface area contributed by atoms with Gasteiger partial charge in [-0.1, -0.05) is 47.5 Å². The number of ether oxygens (including phenoxy) is 1. The number of carbonyl (C=O) groups is 3. The molecule has 1 saturated heterocycles. The summed E-state index contributed by atoms with van der Waals surface area (Å²) in [5, 5.41) is 1.41. The van der Waals surface area contributed by atoms with Gasteiger partial charge in [0.05, 0.1) is 21.1 Å². The zero-order valence-corrected chi connectivity index (χ0v) is 20.2. The molecule has 2 aromatic carbocycles. The third-order valence-corrected chi connectivity index (χ3v) is 6.62. The summed E-state index contributed by atoms with van der Waals surface area (Å²) >= 11 is 13.0. The third-order valence-electron chi connectivity index (χ3n) is 4.97. The second kappa shape index (κ2) is 9.63. The van der Waals surface area contributed by atoms with Gasteiger partial charge in [-0.05, 0) is 55.4 Å². The Hall–Kier alpha value is -2.74. The largest absolute Gasteiger partial charge is 0.462 e. The number of nitrogens with zero attached hydrogens (tertiary/aromatic N) is 2. The van der Waals surface area contributed by atoms with Crippen molar-refractivity contribution in [2.75, 3.05) is 6.54 Å². The Morgan fingerprint density at radius 3 is 2.61 bits per heavy atom. The Morgan fingerprint density at radius 1 is 1.12 bits per heavy atom. The highest BCUT2D eigenvalue weighted by Gasteiger charge is 2.37. The van der Waals surface area contributed by atoms with Crippen molar-refractivity contribution in [3.8, 4) is 0 Å². The zero-order chi connectivity index (χ0) is 23.7. The molecule has 33 heavy (non-hydrogen) atoms. The monoisotopic (exact) mass is 502 g/mol. The normalized spacial score (nSPS) is 15.3. The Labute approximate surface area is 205 Å². The van der Waals surface area contributed by atoms with Crippen LogP contribution in [-0.4, -0.2) is 39.2 Å². The van der Waals surface area contributed by atoms with E-state index in [2.05, 4.69) is 0 Å². The van der Waals surface area contributed by atoms with Crippen molar-refractivity contribution in [3.63, 3.8) is 0 Å². The van der Waals surface area contributed by atoms with Crippen LogP contribution in [0.4, 0.5) is 4.79 Å². The number of rotatable bonds is 6. The van der Waals surface area contributed by atoms with E-state index in [-0.39, 0.29) is 11.0 Å². The number of amides is 2. The molecule has 2 heterocycles. The first-order chi connectivity index (χ1) is 15.7. The molecule has 1 aliphatic heterocycles. The fourth-order valence-corrected chi connectivity index (χ4v) is 4.71.